The van der Waals surface area contributed by atoms with Crippen LogP contribution < -0.4 is 5.73 Å². The Morgan fingerprint density at radius 3 is 2.63 bits per heavy atom. The van der Waals surface area contributed by atoms with Crippen molar-refractivity contribution in [3.8, 4) is 0 Å². The average Bonchev–Trinajstić information content (AvgIpc) is 2.95. The number of H-pyrrole nitrogens is 1. The molecule has 0 aromatic carbocycles. The number of carbonyl (C=O) groups excluding carboxylic acids is 3. The average molecular weight is 400 g/mol. The minimum Gasteiger partial charge on any atom is -0.464 e. The number of halogens is 1. The number of hydrogen-bond acceptors (Lipinski definition) is 6. The molecule has 9 nitrogen and oxygen atoms in total. The molecular weight excluding hydrogens is 374 g/mol. The van der Waals surface area contributed by atoms with E-state index in [2.05, 4.69) is 10.2 Å². The fraction of sp³-hybridized carbons (Fsp3) is 0.647. The van der Waals surface area contributed by atoms with Crippen molar-refractivity contribution in [1.82, 2.24) is 20.0 Å². The van der Waals surface area contributed by atoms with Crippen molar-refractivity contribution in [1.29, 1.82) is 0 Å². The van der Waals surface area contributed by atoms with Crippen LogP contribution in [-0.4, -0.2) is 70.6 Å². The SMILES string of the molecule is COC(=O)c1n[nH]c2c1CN(C(=O)[C@@H]1CC[C@H](N)CN(C(C)=O)C1)CC2.Cl. The van der Waals surface area contributed by atoms with Crippen LogP contribution in [0.4, 0.5) is 0 Å². The van der Waals surface area contributed by atoms with E-state index in [0.29, 0.717) is 51.0 Å². The predicted molar refractivity (Wildman–Crippen MR) is 99.2 cm³/mol. The second kappa shape index (κ2) is 8.71. The standard InChI is InChI=1S/C17H25N5O4.ClH/c1-10(23)22-7-11(3-4-12(18)8-22)16(24)21-6-5-14-13(9-21)15(20-19-14)17(25)26-2;/h11-12H,3-9,18H2,1-2H3,(H,19,20);1H/t11-,12+;/m1./s1. The van der Waals surface area contributed by atoms with Gasteiger partial charge in [0.1, 0.15) is 0 Å². The summed E-state index contributed by atoms with van der Waals surface area (Å²) in [5.41, 5.74) is 7.85. The molecule has 2 amide bonds. The van der Waals surface area contributed by atoms with Gasteiger partial charge in [-0.3, -0.25) is 14.7 Å². The van der Waals surface area contributed by atoms with Crippen molar-refractivity contribution in [2.75, 3.05) is 26.7 Å². The molecule has 0 unspecified atom stereocenters. The van der Waals surface area contributed by atoms with Crippen molar-refractivity contribution in [2.45, 2.75) is 38.8 Å². The second-order valence-electron chi connectivity index (χ2n) is 6.99. The zero-order valence-corrected chi connectivity index (χ0v) is 16.4. The molecule has 0 aliphatic carbocycles. The molecule has 2 atom stereocenters. The van der Waals surface area contributed by atoms with Gasteiger partial charge < -0.3 is 20.3 Å². The van der Waals surface area contributed by atoms with Gasteiger partial charge in [-0.2, -0.15) is 5.10 Å². The van der Waals surface area contributed by atoms with E-state index in [4.69, 9.17) is 10.5 Å². The van der Waals surface area contributed by atoms with E-state index in [1.165, 1.54) is 14.0 Å². The summed E-state index contributed by atoms with van der Waals surface area (Å²) in [5.74, 6) is -0.862. The zero-order valence-electron chi connectivity index (χ0n) is 15.6. The Hall–Kier alpha value is -2.13. The van der Waals surface area contributed by atoms with Crippen molar-refractivity contribution in [3.05, 3.63) is 17.0 Å². The number of amides is 2. The number of fused-ring (bicyclic) bond motifs is 1. The summed E-state index contributed by atoms with van der Waals surface area (Å²) in [4.78, 5) is 40.1. The van der Waals surface area contributed by atoms with Crippen LogP contribution in [0, 0.1) is 5.92 Å². The smallest absolute Gasteiger partial charge is 0.358 e. The van der Waals surface area contributed by atoms with Gasteiger partial charge in [0.05, 0.1) is 13.0 Å². The van der Waals surface area contributed by atoms with E-state index in [1.54, 1.807) is 9.80 Å². The number of nitrogens with one attached hydrogen (secondary N) is 1. The lowest BCUT2D eigenvalue weighted by molar-refractivity contribution is -0.138. The minimum atomic E-state index is -0.514. The highest BCUT2D eigenvalue weighted by molar-refractivity contribution is 5.89. The van der Waals surface area contributed by atoms with Crippen LogP contribution >= 0.6 is 12.4 Å². The molecular formula is C17H26ClN5O4. The van der Waals surface area contributed by atoms with E-state index < -0.39 is 5.97 Å². The van der Waals surface area contributed by atoms with Crippen LogP contribution in [0.5, 0.6) is 0 Å². The molecule has 0 saturated carbocycles. The molecule has 1 saturated heterocycles. The number of rotatable bonds is 2. The van der Waals surface area contributed by atoms with Gasteiger partial charge in [-0.1, -0.05) is 0 Å². The van der Waals surface area contributed by atoms with E-state index in [1.807, 2.05) is 0 Å². The van der Waals surface area contributed by atoms with Gasteiger partial charge in [-0.15, -0.1) is 12.4 Å². The number of likely N-dealkylation sites (tertiary alicyclic amines) is 1. The van der Waals surface area contributed by atoms with Gasteiger partial charge >= 0.3 is 5.97 Å². The van der Waals surface area contributed by atoms with Crippen LogP contribution in [0.15, 0.2) is 0 Å². The third kappa shape index (κ3) is 4.41. The minimum absolute atomic E-state index is 0. The number of aromatic amines is 1. The molecule has 2 aliphatic rings. The molecule has 0 radical (unpaired) electrons. The number of ether oxygens (including phenoxy) is 1. The highest BCUT2D eigenvalue weighted by atomic mass is 35.5. The largest absolute Gasteiger partial charge is 0.464 e. The van der Waals surface area contributed by atoms with Gasteiger partial charge in [-0.05, 0) is 12.8 Å². The highest BCUT2D eigenvalue weighted by Gasteiger charge is 2.34. The van der Waals surface area contributed by atoms with Crippen molar-refractivity contribution in [2.24, 2.45) is 11.7 Å². The number of esters is 1. The molecule has 1 fully saturated rings. The summed E-state index contributed by atoms with van der Waals surface area (Å²) in [5, 5.41) is 6.89. The summed E-state index contributed by atoms with van der Waals surface area (Å²) in [6, 6.07) is -0.107. The predicted octanol–water partition coefficient (Wildman–Crippen LogP) is 0.0886. The van der Waals surface area contributed by atoms with Gasteiger partial charge in [0.2, 0.25) is 11.8 Å². The molecule has 3 N–H and O–H groups in total. The Labute approximate surface area is 164 Å². The van der Waals surface area contributed by atoms with Crippen molar-refractivity contribution in [3.63, 3.8) is 0 Å². The second-order valence-corrected chi connectivity index (χ2v) is 6.99. The first-order valence-corrected chi connectivity index (χ1v) is 8.85. The van der Waals surface area contributed by atoms with Crippen LogP contribution in [-0.2, 0) is 27.3 Å². The maximum Gasteiger partial charge on any atom is 0.358 e. The number of nitrogens with zero attached hydrogens (tertiary/aromatic N) is 3. The van der Waals surface area contributed by atoms with Crippen molar-refractivity contribution < 1.29 is 19.1 Å². The number of carbonyl (C=O) groups is 3. The third-order valence-corrected chi connectivity index (χ3v) is 5.20. The van der Waals surface area contributed by atoms with Crippen molar-refractivity contribution >= 4 is 30.2 Å². The van der Waals surface area contributed by atoms with Crippen LogP contribution in [0.25, 0.3) is 0 Å². The van der Waals surface area contributed by atoms with Gasteiger partial charge in [0, 0.05) is 56.8 Å². The Bertz CT molecular complexity index is 722. The molecule has 2 aliphatic heterocycles. The maximum atomic E-state index is 13.1. The van der Waals surface area contributed by atoms with E-state index >= 15 is 0 Å². The fourth-order valence-corrected chi connectivity index (χ4v) is 3.69. The Morgan fingerprint density at radius 1 is 1.22 bits per heavy atom. The molecule has 1 aromatic heterocycles. The molecule has 0 spiro atoms. The summed E-state index contributed by atoms with van der Waals surface area (Å²) in [6.07, 6.45) is 1.97. The lowest BCUT2D eigenvalue weighted by Gasteiger charge is -2.31. The summed E-state index contributed by atoms with van der Waals surface area (Å²) < 4.78 is 4.76. The van der Waals surface area contributed by atoms with E-state index in [-0.39, 0.29) is 41.9 Å². The van der Waals surface area contributed by atoms with Crippen LogP contribution in [0.1, 0.15) is 41.5 Å². The van der Waals surface area contributed by atoms with Gasteiger partial charge in [0.25, 0.3) is 0 Å². The first-order chi connectivity index (χ1) is 12.4. The maximum absolute atomic E-state index is 13.1. The fourth-order valence-electron chi connectivity index (χ4n) is 3.69. The quantitative estimate of drug-likeness (QED) is 0.679. The Balaban J connectivity index is 0.00000261. The summed E-state index contributed by atoms with van der Waals surface area (Å²) >= 11 is 0. The number of hydrogen-bond donors (Lipinski definition) is 2. The van der Waals surface area contributed by atoms with E-state index in [9.17, 15) is 14.4 Å². The molecule has 27 heavy (non-hydrogen) atoms. The Morgan fingerprint density at radius 2 is 1.96 bits per heavy atom. The molecule has 3 rings (SSSR count). The Kier molecular flexibility index (Phi) is 6.83. The third-order valence-electron chi connectivity index (χ3n) is 5.20. The summed E-state index contributed by atoms with van der Waals surface area (Å²) in [6.45, 7) is 3.24. The topological polar surface area (TPSA) is 122 Å². The zero-order chi connectivity index (χ0) is 18.8. The van der Waals surface area contributed by atoms with Gasteiger partial charge in [-0.25, -0.2) is 4.79 Å². The normalized spacial score (nSPS) is 22.3. The molecule has 0 bridgehead atoms. The molecule has 3 heterocycles. The van der Waals surface area contributed by atoms with Gasteiger partial charge in [0.15, 0.2) is 5.69 Å². The number of aromatic nitrogens is 2. The molecule has 10 heteroatoms. The summed E-state index contributed by atoms with van der Waals surface area (Å²) in [7, 11) is 1.31. The van der Waals surface area contributed by atoms with Crippen LogP contribution in [0.2, 0.25) is 0 Å². The highest BCUT2D eigenvalue weighted by Crippen LogP contribution is 2.25. The number of methoxy groups -OCH3 is 1. The first kappa shape index (κ1) is 21.2. The van der Waals surface area contributed by atoms with Crippen LogP contribution in [0.3, 0.4) is 0 Å². The lowest BCUT2D eigenvalue weighted by atomic mass is 9.98. The monoisotopic (exact) mass is 399 g/mol. The first-order valence-electron chi connectivity index (χ1n) is 8.85. The van der Waals surface area contributed by atoms with E-state index in [0.717, 1.165) is 5.69 Å². The lowest BCUT2D eigenvalue weighted by Crippen LogP contribution is -2.44. The molecule has 1 aromatic rings. The molecule has 150 valence electrons. The number of nitrogens with two attached hydrogens (primary N) is 1.